The lowest BCUT2D eigenvalue weighted by atomic mass is 9.71. The molecular formula is C19H27F2N3OS. The molecule has 0 saturated heterocycles. The number of pyridine rings is 1. The summed E-state index contributed by atoms with van der Waals surface area (Å²) in [5.74, 6) is -3.06. The fraction of sp³-hybridized carbons (Fsp3) is 0.684. The van der Waals surface area contributed by atoms with Crippen LogP contribution in [0, 0.1) is 17.8 Å². The van der Waals surface area contributed by atoms with E-state index < -0.39 is 11.8 Å². The molecule has 3 N–H and O–H groups in total. The minimum Gasteiger partial charge on any atom is -0.326 e. The molecule has 1 unspecified atom stereocenters. The molecule has 2 fully saturated rings. The van der Waals surface area contributed by atoms with Gasteiger partial charge in [-0.2, -0.15) is 0 Å². The number of carbonyl (C=O) groups excluding carboxylic acids is 1. The molecule has 2 aliphatic rings. The predicted octanol–water partition coefficient (Wildman–Crippen LogP) is 5.01. The molecule has 2 aliphatic carbocycles. The molecule has 1 heterocycles. The number of nitrogens with two attached hydrogens (primary N) is 1. The summed E-state index contributed by atoms with van der Waals surface area (Å²) in [5.41, 5.74) is 0.559. The summed E-state index contributed by atoms with van der Waals surface area (Å²) in [4.78, 5) is 16.9. The molecule has 2 saturated carbocycles. The van der Waals surface area contributed by atoms with E-state index in [-0.39, 0.29) is 24.7 Å². The summed E-state index contributed by atoms with van der Waals surface area (Å²) >= 11 is 0.987. The Morgan fingerprint density at radius 2 is 2.08 bits per heavy atom. The number of rotatable bonds is 5. The van der Waals surface area contributed by atoms with E-state index in [2.05, 4.69) is 10.3 Å². The van der Waals surface area contributed by atoms with E-state index in [9.17, 15) is 13.6 Å². The van der Waals surface area contributed by atoms with Crippen molar-refractivity contribution in [3.05, 3.63) is 18.3 Å². The van der Waals surface area contributed by atoms with Crippen molar-refractivity contribution in [3.8, 4) is 0 Å². The molecule has 1 aromatic rings. The Balaban J connectivity index is 1.69. The van der Waals surface area contributed by atoms with Gasteiger partial charge in [-0.3, -0.25) is 9.93 Å². The van der Waals surface area contributed by atoms with Crippen LogP contribution in [0.25, 0.3) is 0 Å². The van der Waals surface area contributed by atoms with Crippen molar-refractivity contribution in [2.24, 2.45) is 22.9 Å². The number of alkyl halides is 2. The smallest absolute Gasteiger partial charge is 0.248 e. The highest BCUT2D eigenvalue weighted by Gasteiger charge is 2.45. The maximum Gasteiger partial charge on any atom is 0.248 e. The first kappa shape index (κ1) is 19.5. The second-order valence-electron chi connectivity index (χ2n) is 7.69. The van der Waals surface area contributed by atoms with E-state index in [0.29, 0.717) is 23.1 Å². The van der Waals surface area contributed by atoms with Gasteiger partial charge in [-0.05, 0) is 48.8 Å². The van der Waals surface area contributed by atoms with E-state index in [1.807, 2.05) is 0 Å². The average Bonchev–Trinajstić information content (AvgIpc) is 2.64. The molecule has 2 atom stereocenters. The van der Waals surface area contributed by atoms with Gasteiger partial charge in [-0.15, -0.1) is 0 Å². The highest BCUT2D eigenvalue weighted by molar-refractivity contribution is 7.97. The maximum absolute atomic E-state index is 14.0. The molecule has 4 nitrogen and oxygen atoms in total. The van der Waals surface area contributed by atoms with E-state index in [4.69, 9.17) is 5.14 Å². The number of hydrogen-bond donors (Lipinski definition) is 2. The van der Waals surface area contributed by atoms with E-state index in [1.165, 1.54) is 32.1 Å². The lowest BCUT2D eigenvalue weighted by molar-refractivity contribution is -0.132. The zero-order valence-electron chi connectivity index (χ0n) is 14.9. The molecular weight excluding hydrogens is 356 g/mol. The predicted molar refractivity (Wildman–Crippen MR) is 99.9 cm³/mol. The van der Waals surface area contributed by atoms with Gasteiger partial charge in [-0.25, -0.2) is 13.8 Å². The Hall–Kier alpha value is -1.21. The minimum absolute atomic E-state index is 0.0444. The van der Waals surface area contributed by atoms with Gasteiger partial charge in [0, 0.05) is 30.6 Å². The molecule has 0 bridgehead atoms. The summed E-state index contributed by atoms with van der Waals surface area (Å²) in [6, 6.07) is 3.33. The third-order valence-electron chi connectivity index (χ3n) is 5.79. The Kier molecular flexibility index (Phi) is 6.51. The van der Waals surface area contributed by atoms with Crippen LogP contribution in [0.2, 0.25) is 0 Å². The summed E-state index contributed by atoms with van der Waals surface area (Å²) in [6.45, 7) is 0. The van der Waals surface area contributed by atoms with Gasteiger partial charge in [0.15, 0.2) is 0 Å². The molecule has 144 valence electrons. The van der Waals surface area contributed by atoms with Gasteiger partial charge in [0.2, 0.25) is 11.8 Å². The quantitative estimate of drug-likeness (QED) is 0.702. The maximum atomic E-state index is 14.0. The highest BCUT2D eigenvalue weighted by Crippen LogP contribution is 2.44. The number of carbonyl (C=O) groups is 1. The SMILES string of the molecule is NSc1cc(NC(=O)[C@@H]2CC(F)(F)CCC2CC2CCCCC2)ccn1. The van der Waals surface area contributed by atoms with Crippen LogP contribution in [0.5, 0.6) is 0 Å². The van der Waals surface area contributed by atoms with Crippen molar-refractivity contribution in [1.82, 2.24) is 4.98 Å². The van der Waals surface area contributed by atoms with Gasteiger partial charge in [0.1, 0.15) is 5.03 Å². The van der Waals surface area contributed by atoms with Crippen LogP contribution < -0.4 is 10.5 Å². The van der Waals surface area contributed by atoms with Crippen LogP contribution in [0.15, 0.2) is 23.4 Å². The van der Waals surface area contributed by atoms with Gasteiger partial charge in [0.05, 0.1) is 0 Å². The fourth-order valence-electron chi connectivity index (χ4n) is 4.41. The number of halogens is 2. The summed E-state index contributed by atoms with van der Waals surface area (Å²) < 4.78 is 28.0. The second-order valence-corrected chi connectivity index (χ2v) is 8.35. The Bertz CT molecular complexity index is 623. The van der Waals surface area contributed by atoms with Gasteiger partial charge in [0.25, 0.3) is 0 Å². The fourth-order valence-corrected chi connectivity index (χ4v) is 4.73. The Morgan fingerprint density at radius 1 is 1.31 bits per heavy atom. The van der Waals surface area contributed by atoms with Crippen LogP contribution in [-0.4, -0.2) is 16.8 Å². The zero-order valence-corrected chi connectivity index (χ0v) is 15.7. The zero-order chi connectivity index (χ0) is 18.6. The van der Waals surface area contributed by atoms with Gasteiger partial charge in [-0.1, -0.05) is 32.1 Å². The molecule has 0 aliphatic heterocycles. The number of nitrogens with one attached hydrogen (secondary N) is 1. The van der Waals surface area contributed by atoms with Crippen molar-refractivity contribution in [2.75, 3.05) is 5.32 Å². The third-order valence-corrected chi connectivity index (χ3v) is 6.25. The molecule has 0 spiro atoms. The number of hydrogen-bond acceptors (Lipinski definition) is 4. The molecule has 7 heteroatoms. The number of aromatic nitrogens is 1. The van der Waals surface area contributed by atoms with E-state index >= 15 is 0 Å². The largest absolute Gasteiger partial charge is 0.326 e. The molecule has 0 aromatic carbocycles. The lowest BCUT2D eigenvalue weighted by Crippen LogP contribution is -2.40. The summed E-state index contributed by atoms with van der Waals surface area (Å²) in [5, 5.41) is 8.89. The summed E-state index contributed by atoms with van der Waals surface area (Å²) in [6.07, 6.45) is 8.49. The standard InChI is InChI=1S/C19H27F2N3OS/c20-19(21)8-6-14(10-13-4-2-1-3-5-13)16(12-19)18(25)24-15-7-9-23-17(11-15)26-22/h7,9,11,13-14,16H,1-6,8,10,12,22H2,(H,23,24,25)/t14?,16-/m1/s1. The van der Waals surface area contributed by atoms with Crippen molar-refractivity contribution in [2.45, 2.75) is 68.7 Å². The highest BCUT2D eigenvalue weighted by atomic mass is 32.2. The molecule has 1 amide bonds. The normalized spacial score (nSPS) is 26.4. The van der Waals surface area contributed by atoms with E-state index in [1.54, 1.807) is 18.3 Å². The second kappa shape index (κ2) is 8.65. The monoisotopic (exact) mass is 383 g/mol. The summed E-state index contributed by atoms with van der Waals surface area (Å²) in [7, 11) is 0. The third kappa shape index (κ3) is 5.16. The first-order valence-electron chi connectivity index (χ1n) is 9.48. The van der Waals surface area contributed by atoms with Gasteiger partial charge >= 0.3 is 0 Å². The molecule has 3 rings (SSSR count). The van der Waals surface area contributed by atoms with Crippen molar-refractivity contribution in [3.63, 3.8) is 0 Å². The van der Waals surface area contributed by atoms with Crippen LogP contribution in [-0.2, 0) is 4.79 Å². The number of nitrogens with zero attached hydrogens (tertiary/aromatic N) is 1. The van der Waals surface area contributed by atoms with Crippen LogP contribution in [0.1, 0.15) is 57.8 Å². The first-order chi connectivity index (χ1) is 12.5. The molecule has 1 aromatic heterocycles. The molecule has 0 radical (unpaired) electrons. The number of anilines is 1. The Morgan fingerprint density at radius 3 is 2.81 bits per heavy atom. The van der Waals surface area contributed by atoms with Crippen molar-refractivity contribution >= 4 is 23.5 Å². The van der Waals surface area contributed by atoms with Gasteiger partial charge < -0.3 is 5.32 Å². The van der Waals surface area contributed by atoms with Crippen molar-refractivity contribution in [1.29, 1.82) is 0 Å². The number of amides is 1. The lowest BCUT2D eigenvalue weighted by Gasteiger charge is -2.37. The average molecular weight is 384 g/mol. The minimum atomic E-state index is -2.75. The topological polar surface area (TPSA) is 68.0 Å². The van der Waals surface area contributed by atoms with Crippen LogP contribution in [0.3, 0.4) is 0 Å². The van der Waals surface area contributed by atoms with Crippen LogP contribution in [0.4, 0.5) is 14.5 Å². The molecule has 26 heavy (non-hydrogen) atoms. The van der Waals surface area contributed by atoms with Crippen molar-refractivity contribution < 1.29 is 13.6 Å². The Labute approximate surface area is 157 Å². The first-order valence-corrected chi connectivity index (χ1v) is 10.4. The van der Waals surface area contributed by atoms with E-state index in [0.717, 1.165) is 18.4 Å². The van der Waals surface area contributed by atoms with Crippen LogP contribution >= 0.6 is 11.9 Å².